The van der Waals surface area contributed by atoms with E-state index >= 15 is 0 Å². The number of rotatable bonds is 8. The third kappa shape index (κ3) is 4.76. The van der Waals surface area contributed by atoms with Crippen LogP contribution in [0.5, 0.6) is 11.5 Å². The normalized spacial score (nSPS) is 13.0. The second-order valence-electron chi connectivity index (χ2n) is 6.06. The second-order valence-corrected chi connectivity index (χ2v) is 8.09. The molecule has 0 amide bonds. The van der Waals surface area contributed by atoms with Gasteiger partial charge in [-0.15, -0.1) is 0 Å². The van der Waals surface area contributed by atoms with Crippen molar-refractivity contribution in [3.63, 3.8) is 0 Å². The van der Waals surface area contributed by atoms with E-state index in [-0.39, 0.29) is 13.2 Å². The fourth-order valence-corrected chi connectivity index (χ4v) is 3.94. The van der Waals surface area contributed by atoms with Crippen LogP contribution >= 0.6 is 22.9 Å². The maximum absolute atomic E-state index is 9.75. The van der Waals surface area contributed by atoms with Crippen molar-refractivity contribution in [2.45, 2.75) is 11.0 Å². The average molecular weight is 444 g/mol. The van der Waals surface area contributed by atoms with Gasteiger partial charge in [0.1, 0.15) is 0 Å². The van der Waals surface area contributed by atoms with Crippen molar-refractivity contribution in [3.05, 3.63) is 47.3 Å². The molecule has 30 heavy (non-hydrogen) atoms. The summed E-state index contributed by atoms with van der Waals surface area (Å²) in [6, 6.07) is 5.36. The number of hydrogen-bond acceptors (Lipinski definition) is 10. The topological polar surface area (TPSA) is 141 Å². The Kier molecular flexibility index (Phi) is 6.54. The van der Waals surface area contributed by atoms with Crippen LogP contribution in [-0.4, -0.2) is 65.0 Å². The predicted octanol–water partition coefficient (Wildman–Crippen LogP) is 0.987. The molecule has 4 heterocycles. The molecule has 0 saturated carbocycles. The van der Waals surface area contributed by atoms with Gasteiger partial charge in [0.15, 0.2) is 0 Å². The molecule has 13 heteroatoms. The van der Waals surface area contributed by atoms with Crippen molar-refractivity contribution in [1.82, 2.24) is 24.6 Å². The summed E-state index contributed by atoms with van der Waals surface area (Å²) in [5.41, 5.74) is 1.16. The Balaban J connectivity index is 1.70. The van der Waals surface area contributed by atoms with E-state index in [0.29, 0.717) is 39.1 Å². The molecule has 0 aliphatic rings. The van der Waals surface area contributed by atoms with Gasteiger partial charge in [-0.2, -0.15) is 0 Å². The van der Waals surface area contributed by atoms with E-state index in [0.717, 1.165) is 4.90 Å². The van der Waals surface area contributed by atoms with Crippen molar-refractivity contribution < 1.29 is 20.1 Å². The molecule has 0 fully saturated rings. The van der Waals surface area contributed by atoms with Gasteiger partial charge in [-0.05, 0) is 0 Å². The Hall–Kier alpha value is -2.58. The van der Waals surface area contributed by atoms with E-state index in [4.69, 9.17) is 14.9 Å². The van der Waals surface area contributed by atoms with Crippen LogP contribution in [0.15, 0.2) is 46.8 Å². The van der Waals surface area contributed by atoms with Gasteiger partial charge in [0, 0.05) is 0 Å². The summed E-state index contributed by atoms with van der Waals surface area (Å²) in [7, 11) is 0. The number of hydrogen-bond donors (Lipinski definition) is 4. The van der Waals surface area contributed by atoms with Crippen molar-refractivity contribution in [2.75, 3.05) is 19.0 Å². The third-order valence-corrected chi connectivity index (χ3v) is 5.68. The summed E-state index contributed by atoms with van der Waals surface area (Å²) < 4.78 is 7.78. The Morgan fingerprint density at radius 1 is 1.37 bits per heavy atom. The Morgan fingerprint density at radius 2 is 2.27 bits per heavy atom. The van der Waals surface area contributed by atoms with Gasteiger partial charge < -0.3 is 0 Å². The maximum atomic E-state index is 9.75. The molecule has 0 saturated heterocycles. The molecule has 154 valence electrons. The molecule has 4 N–H and O–H groups in total. The summed E-state index contributed by atoms with van der Waals surface area (Å²) in [6.07, 6.45) is 5.67. The standard InChI is InChI=1S/C17H17BN6O4S2/c25-3-4-29-11-5-13(28-10-1-2-14-23-20-9-24(14)7-10)16(19-6-11)22-17-21-15(18-30-17)12(27)8-26/h1-2,5-7,9,12,25-27H,3-4,8H2,(H,19,21,22). The van der Waals surface area contributed by atoms with Crippen molar-refractivity contribution in [1.29, 1.82) is 0 Å². The van der Waals surface area contributed by atoms with Gasteiger partial charge in [-0.1, -0.05) is 0 Å². The zero-order chi connectivity index (χ0) is 20.9. The second kappa shape index (κ2) is 9.49. The molecule has 0 spiro atoms. The van der Waals surface area contributed by atoms with Gasteiger partial charge in [-0.3, -0.25) is 0 Å². The van der Waals surface area contributed by atoms with E-state index in [1.807, 2.05) is 0 Å². The first kappa shape index (κ1) is 20.7. The SMILES string of the molecule is OCCSc1cnc(/N=c2/[nH]c(C(O)CO)bs2)c(Oc2ccc3nncn3c2)c1. The van der Waals surface area contributed by atoms with Gasteiger partial charge in [0.05, 0.1) is 0 Å². The summed E-state index contributed by atoms with van der Waals surface area (Å²) in [5.74, 6) is 1.86. The van der Waals surface area contributed by atoms with E-state index in [1.54, 1.807) is 47.5 Å². The van der Waals surface area contributed by atoms with Crippen LogP contribution in [0.3, 0.4) is 0 Å². The molecule has 4 aromatic heterocycles. The molecule has 4 rings (SSSR count). The van der Waals surface area contributed by atoms with Gasteiger partial charge in [-0.25, -0.2) is 0 Å². The van der Waals surface area contributed by atoms with Gasteiger partial charge in [0.2, 0.25) is 0 Å². The summed E-state index contributed by atoms with van der Waals surface area (Å²) in [6.45, 7) is -0.334. The van der Waals surface area contributed by atoms with E-state index in [1.165, 1.54) is 22.9 Å². The Labute approximate surface area is 179 Å². The van der Waals surface area contributed by atoms with Crippen LogP contribution in [-0.2, 0) is 0 Å². The number of H-pyrrole nitrogens is 1. The van der Waals surface area contributed by atoms with Gasteiger partial charge >= 0.3 is 179 Å². The number of aromatic amines is 1. The van der Waals surface area contributed by atoms with Crippen molar-refractivity contribution in [2.24, 2.45) is 4.99 Å². The molecule has 1 unspecified atom stereocenters. The number of nitrogens with zero attached hydrogens (tertiary/aromatic N) is 5. The molecular formula is C17H17BN6O4S2. The third-order valence-electron chi connectivity index (χ3n) is 3.95. The van der Waals surface area contributed by atoms with Crippen molar-refractivity contribution >= 4 is 40.6 Å². The molecule has 0 aliphatic carbocycles. The molecule has 1 atom stereocenters. The number of aliphatic hydroxyl groups is 3. The number of pyridine rings is 2. The molecule has 10 nitrogen and oxygen atoms in total. The molecule has 0 aliphatic heterocycles. The first-order valence-corrected chi connectivity index (χ1v) is 10.7. The van der Waals surface area contributed by atoms with E-state index in [9.17, 15) is 5.11 Å². The van der Waals surface area contributed by atoms with Crippen LogP contribution in [0.1, 0.15) is 11.7 Å². The Morgan fingerprint density at radius 3 is 3.10 bits per heavy atom. The van der Waals surface area contributed by atoms with Crippen LogP contribution in [0.25, 0.3) is 5.65 Å². The number of fused-ring (bicyclic) bond motifs is 1. The van der Waals surface area contributed by atoms with E-state index < -0.39 is 6.10 Å². The Bertz CT molecular complexity index is 1210. The molecular weight excluding hydrogens is 427 g/mol. The summed E-state index contributed by atoms with van der Waals surface area (Å²) in [4.78, 5) is 13.2. The van der Waals surface area contributed by atoms with E-state index in [2.05, 4.69) is 25.2 Å². The first-order chi connectivity index (χ1) is 14.7. The average Bonchev–Trinajstić information content (AvgIpc) is 3.42. The zero-order valence-electron chi connectivity index (χ0n) is 15.5. The fourth-order valence-electron chi connectivity index (χ4n) is 2.53. The summed E-state index contributed by atoms with van der Waals surface area (Å²) in [5, 5.41) is 35.8. The van der Waals surface area contributed by atoms with Crippen LogP contribution < -0.4 is 9.54 Å². The predicted molar refractivity (Wildman–Crippen MR) is 112 cm³/mol. The minimum atomic E-state index is -0.998. The first-order valence-electron chi connectivity index (χ1n) is 8.88. The number of ether oxygens (including phenoxy) is 1. The monoisotopic (exact) mass is 444 g/mol. The molecule has 0 aromatic carbocycles. The molecule has 0 bridgehead atoms. The minimum absolute atomic E-state index is 0.0530. The van der Waals surface area contributed by atoms with Gasteiger partial charge in [0.25, 0.3) is 0 Å². The quantitative estimate of drug-likeness (QED) is 0.295. The fraction of sp³-hybridized carbons (Fsp3) is 0.235. The molecule has 4 aromatic rings. The van der Waals surface area contributed by atoms with Crippen LogP contribution in [0.4, 0.5) is 5.82 Å². The number of nitrogens with one attached hydrogen (secondary N) is 1. The number of thioether (sulfide) groups is 1. The number of aromatic nitrogens is 5. The van der Waals surface area contributed by atoms with Crippen LogP contribution in [0.2, 0.25) is 0 Å². The number of aliphatic hydroxyl groups excluding tert-OH is 3. The summed E-state index contributed by atoms with van der Waals surface area (Å²) >= 11 is 2.73. The molecule has 0 radical (unpaired) electrons. The zero-order valence-corrected chi connectivity index (χ0v) is 17.2. The van der Waals surface area contributed by atoms with Crippen LogP contribution in [0, 0.1) is 0 Å². The van der Waals surface area contributed by atoms with Crippen molar-refractivity contribution in [3.8, 4) is 11.5 Å².